The lowest BCUT2D eigenvalue weighted by molar-refractivity contribution is 0.0519. The second kappa shape index (κ2) is 8.00. The molecule has 150 valence electrons. The van der Waals surface area contributed by atoms with E-state index in [1.165, 1.54) is 6.07 Å². The minimum absolute atomic E-state index is 0.0165. The largest absolute Gasteiger partial charge is 0.461 e. The van der Waals surface area contributed by atoms with E-state index in [0.717, 1.165) is 12.8 Å². The Balaban J connectivity index is 1.85. The Morgan fingerprint density at radius 1 is 1.29 bits per heavy atom. The number of aromatic amines is 2. The normalized spacial score (nSPS) is 16.9. The summed E-state index contributed by atoms with van der Waals surface area (Å²) in [6.45, 7) is 8.44. The van der Waals surface area contributed by atoms with Crippen molar-refractivity contribution in [2.24, 2.45) is 0 Å². The Kier molecular flexibility index (Phi) is 5.67. The van der Waals surface area contributed by atoms with Crippen molar-refractivity contribution in [1.82, 2.24) is 19.9 Å². The fraction of sp³-hybridized carbons (Fsp3) is 0.500. The van der Waals surface area contributed by atoms with Gasteiger partial charge < -0.3 is 19.6 Å². The molecule has 1 atom stereocenters. The molecule has 0 spiro atoms. The minimum atomic E-state index is -0.457. The van der Waals surface area contributed by atoms with Gasteiger partial charge in [-0.05, 0) is 46.1 Å². The van der Waals surface area contributed by atoms with E-state index in [1.54, 1.807) is 32.6 Å². The van der Waals surface area contributed by atoms with Crippen molar-refractivity contribution in [1.29, 1.82) is 0 Å². The van der Waals surface area contributed by atoms with Crippen LogP contribution in [0.25, 0.3) is 0 Å². The van der Waals surface area contributed by atoms with Gasteiger partial charge in [-0.15, -0.1) is 0 Å². The van der Waals surface area contributed by atoms with Crippen LogP contribution < -0.4 is 5.56 Å². The highest BCUT2D eigenvalue weighted by Gasteiger charge is 2.30. The van der Waals surface area contributed by atoms with Crippen molar-refractivity contribution >= 4 is 11.9 Å². The summed E-state index contributed by atoms with van der Waals surface area (Å²) in [6.07, 6.45) is 1.70. The average Bonchev–Trinajstić information content (AvgIpc) is 2.95. The number of esters is 1. The number of aryl methyl sites for hydroxylation is 2. The van der Waals surface area contributed by atoms with E-state index in [-0.39, 0.29) is 24.0 Å². The van der Waals surface area contributed by atoms with Gasteiger partial charge in [0.05, 0.1) is 17.9 Å². The molecule has 0 bridgehead atoms. The molecule has 0 saturated carbocycles. The predicted octanol–water partition coefficient (Wildman–Crippen LogP) is 2.22. The van der Waals surface area contributed by atoms with Crippen molar-refractivity contribution in [3.63, 3.8) is 0 Å². The van der Waals surface area contributed by atoms with E-state index >= 15 is 0 Å². The van der Waals surface area contributed by atoms with E-state index < -0.39 is 5.97 Å². The van der Waals surface area contributed by atoms with Crippen LogP contribution in [-0.2, 0) is 4.74 Å². The van der Waals surface area contributed by atoms with Crippen LogP contribution in [0.3, 0.4) is 0 Å². The molecule has 1 aliphatic heterocycles. The number of hydrogen-bond donors (Lipinski definition) is 2. The van der Waals surface area contributed by atoms with Crippen molar-refractivity contribution in [3.8, 4) is 0 Å². The molecular weight excluding hydrogens is 360 g/mol. The molecule has 3 rings (SSSR count). The SMILES string of the molecule is CCOC(=O)c1[nH]c(C)c(C(=O)N2CCC[C@H](c3cc(=O)[nH]c(C)n3)C2)c1C. The summed E-state index contributed by atoms with van der Waals surface area (Å²) in [5.74, 6) is 0.0139. The number of rotatable bonds is 4. The number of hydrogen-bond acceptors (Lipinski definition) is 5. The van der Waals surface area contributed by atoms with Gasteiger partial charge in [-0.1, -0.05) is 0 Å². The van der Waals surface area contributed by atoms with Gasteiger partial charge in [0.1, 0.15) is 11.5 Å². The summed E-state index contributed by atoms with van der Waals surface area (Å²) >= 11 is 0. The Bertz CT molecular complexity index is 960. The fourth-order valence-corrected chi connectivity index (χ4v) is 3.85. The lowest BCUT2D eigenvalue weighted by Gasteiger charge is -2.32. The summed E-state index contributed by atoms with van der Waals surface area (Å²) in [6, 6.07) is 1.51. The summed E-state index contributed by atoms with van der Waals surface area (Å²) in [5.41, 5.74) is 2.63. The molecule has 3 heterocycles. The highest BCUT2D eigenvalue weighted by atomic mass is 16.5. The van der Waals surface area contributed by atoms with E-state index in [1.807, 2.05) is 0 Å². The molecule has 1 amide bonds. The zero-order valence-corrected chi connectivity index (χ0v) is 16.7. The summed E-state index contributed by atoms with van der Waals surface area (Å²) in [5, 5.41) is 0. The third-order valence-corrected chi connectivity index (χ3v) is 5.14. The maximum atomic E-state index is 13.2. The highest BCUT2D eigenvalue weighted by Crippen LogP contribution is 2.28. The Hall–Kier alpha value is -2.90. The van der Waals surface area contributed by atoms with Gasteiger partial charge in [0.15, 0.2) is 0 Å². The topological polar surface area (TPSA) is 108 Å². The number of ether oxygens (including phenoxy) is 1. The van der Waals surface area contributed by atoms with Crippen molar-refractivity contribution in [3.05, 3.63) is 50.5 Å². The van der Waals surface area contributed by atoms with E-state index in [9.17, 15) is 14.4 Å². The molecule has 1 fully saturated rings. The Labute approximate surface area is 163 Å². The second-order valence-electron chi connectivity index (χ2n) is 7.19. The predicted molar refractivity (Wildman–Crippen MR) is 104 cm³/mol. The minimum Gasteiger partial charge on any atom is -0.461 e. The van der Waals surface area contributed by atoms with Crippen LogP contribution in [0, 0.1) is 20.8 Å². The van der Waals surface area contributed by atoms with Gasteiger partial charge in [0.2, 0.25) is 0 Å². The Morgan fingerprint density at radius 3 is 2.71 bits per heavy atom. The summed E-state index contributed by atoms with van der Waals surface area (Å²) in [4.78, 5) is 49.0. The summed E-state index contributed by atoms with van der Waals surface area (Å²) in [7, 11) is 0. The first kappa shape index (κ1) is 19.9. The van der Waals surface area contributed by atoms with E-state index in [0.29, 0.717) is 47.1 Å². The molecule has 0 aromatic carbocycles. The first-order chi connectivity index (χ1) is 13.3. The molecule has 8 heteroatoms. The van der Waals surface area contributed by atoms with Crippen molar-refractivity contribution in [2.45, 2.75) is 46.5 Å². The lowest BCUT2D eigenvalue weighted by Crippen LogP contribution is -2.40. The molecule has 1 saturated heterocycles. The standard InChI is InChI=1S/C20H26N4O4/c1-5-28-20(27)18-11(2)17(12(3)21-18)19(26)24-8-6-7-14(10-24)15-9-16(25)23-13(4)22-15/h9,14,21H,5-8,10H2,1-4H3,(H,22,23,25)/t14-/m0/s1. The molecule has 1 aliphatic rings. The maximum absolute atomic E-state index is 13.2. The van der Waals surface area contributed by atoms with Crippen LogP contribution in [0.4, 0.5) is 0 Å². The maximum Gasteiger partial charge on any atom is 0.355 e. The molecule has 0 radical (unpaired) electrons. The van der Waals surface area contributed by atoms with Crippen LogP contribution in [0.15, 0.2) is 10.9 Å². The number of nitrogens with one attached hydrogen (secondary N) is 2. The first-order valence-electron chi connectivity index (χ1n) is 9.55. The number of carbonyl (C=O) groups is 2. The van der Waals surface area contributed by atoms with Gasteiger partial charge >= 0.3 is 5.97 Å². The molecule has 8 nitrogen and oxygen atoms in total. The third-order valence-electron chi connectivity index (χ3n) is 5.14. The van der Waals surface area contributed by atoms with Crippen LogP contribution >= 0.6 is 0 Å². The van der Waals surface area contributed by atoms with Crippen LogP contribution in [0.5, 0.6) is 0 Å². The van der Waals surface area contributed by atoms with Crippen LogP contribution in [-0.4, -0.2) is 51.4 Å². The van der Waals surface area contributed by atoms with Gasteiger partial charge in [0, 0.05) is 30.8 Å². The zero-order valence-electron chi connectivity index (χ0n) is 16.7. The molecule has 2 N–H and O–H groups in total. The Morgan fingerprint density at radius 2 is 2.04 bits per heavy atom. The average molecular weight is 386 g/mol. The number of H-pyrrole nitrogens is 2. The monoisotopic (exact) mass is 386 g/mol. The molecule has 28 heavy (non-hydrogen) atoms. The van der Waals surface area contributed by atoms with Crippen molar-refractivity contribution in [2.75, 3.05) is 19.7 Å². The van der Waals surface area contributed by atoms with Gasteiger partial charge in [-0.2, -0.15) is 0 Å². The summed E-state index contributed by atoms with van der Waals surface area (Å²) < 4.78 is 5.06. The van der Waals surface area contributed by atoms with Crippen LogP contribution in [0.1, 0.15) is 69.3 Å². The second-order valence-corrected chi connectivity index (χ2v) is 7.19. The smallest absolute Gasteiger partial charge is 0.355 e. The molecule has 2 aromatic heterocycles. The number of nitrogens with zero attached hydrogens (tertiary/aromatic N) is 2. The zero-order chi connectivity index (χ0) is 20.4. The van der Waals surface area contributed by atoms with Gasteiger partial charge in [0.25, 0.3) is 11.5 Å². The highest BCUT2D eigenvalue weighted by molar-refractivity contribution is 6.01. The van der Waals surface area contributed by atoms with Crippen LogP contribution in [0.2, 0.25) is 0 Å². The third kappa shape index (κ3) is 3.85. The molecule has 2 aromatic rings. The first-order valence-corrected chi connectivity index (χ1v) is 9.55. The quantitative estimate of drug-likeness (QED) is 0.784. The molecular formula is C20H26N4O4. The molecule has 0 aliphatic carbocycles. The van der Waals surface area contributed by atoms with Gasteiger partial charge in [-0.3, -0.25) is 9.59 Å². The van der Waals surface area contributed by atoms with E-state index in [2.05, 4.69) is 15.0 Å². The van der Waals surface area contributed by atoms with E-state index in [4.69, 9.17) is 4.74 Å². The lowest BCUT2D eigenvalue weighted by atomic mass is 9.93. The number of piperidine rings is 1. The number of likely N-dealkylation sites (tertiary alicyclic amines) is 1. The molecule has 0 unspecified atom stereocenters. The van der Waals surface area contributed by atoms with Crippen molar-refractivity contribution < 1.29 is 14.3 Å². The fourth-order valence-electron chi connectivity index (χ4n) is 3.85. The number of carbonyl (C=O) groups excluding carboxylic acids is 2. The number of amides is 1. The van der Waals surface area contributed by atoms with Gasteiger partial charge in [-0.25, -0.2) is 9.78 Å². The number of aromatic nitrogens is 3.